The van der Waals surface area contributed by atoms with Gasteiger partial charge in [0.25, 0.3) is 0 Å². The summed E-state index contributed by atoms with van der Waals surface area (Å²) in [5.74, 6) is 0. The lowest BCUT2D eigenvalue weighted by molar-refractivity contribution is 0.171. The molecule has 0 atom stereocenters. The van der Waals surface area contributed by atoms with Crippen molar-refractivity contribution < 1.29 is 9.53 Å². The Bertz CT molecular complexity index is 151. The number of alkyl carbamates (subject to hydrolysis) is 1. The van der Waals surface area contributed by atoms with E-state index in [-0.39, 0.29) is 6.54 Å². The zero-order valence-electron chi connectivity index (χ0n) is 5.57. The first-order valence-corrected chi connectivity index (χ1v) is 2.64. The number of amides is 1. The van der Waals surface area contributed by atoms with Crippen molar-refractivity contribution >= 4 is 6.09 Å². The minimum absolute atomic E-state index is 0.242. The molecule has 6 nitrogen and oxygen atoms in total. The molecule has 0 heterocycles. The van der Waals surface area contributed by atoms with Crippen LogP contribution in [-0.2, 0) is 4.74 Å². The molecule has 0 unspecified atom stereocenters. The third-order valence-electron chi connectivity index (χ3n) is 0.730. The number of nitrogens with one attached hydrogen (secondary N) is 1. The minimum atomic E-state index is -0.520. The van der Waals surface area contributed by atoms with E-state index in [1.807, 2.05) is 0 Å². The highest BCUT2D eigenvalue weighted by Crippen LogP contribution is 1.71. The van der Waals surface area contributed by atoms with Gasteiger partial charge in [-0.3, -0.25) is 0 Å². The second kappa shape index (κ2) is 5.71. The van der Waals surface area contributed by atoms with Crippen LogP contribution in [0.3, 0.4) is 0 Å². The van der Waals surface area contributed by atoms with Crippen molar-refractivity contribution in [3.05, 3.63) is 10.4 Å². The van der Waals surface area contributed by atoms with Crippen LogP contribution in [-0.4, -0.2) is 26.3 Å². The number of carbonyl (C=O) groups excluding carboxylic acids is 1. The molecule has 0 bridgehead atoms. The highest BCUT2D eigenvalue weighted by atomic mass is 16.5. The topological polar surface area (TPSA) is 87.1 Å². The lowest BCUT2D eigenvalue weighted by Gasteiger charge is -1.98. The first-order valence-electron chi connectivity index (χ1n) is 2.64. The Kier molecular flexibility index (Phi) is 4.90. The van der Waals surface area contributed by atoms with Gasteiger partial charge in [0.05, 0.1) is 7.11 Å². The average molecular weight is 144 g/mol. The van der Waals surface area contributed by atoms with E-state index in [1.54, 1.807) is 0 Å². The molecule has 56 valence electrons. The van der Waals surface area contributed by atoms with E-state index in [2.05, 4.69) is 20.1 Å². The number of methoxy groups -OCH3 is 1. The second-order valence-corrected chi connectivity index (χ2v) is 1.37. The quantitative estimate of drug-likeness (QED) is 0.273. The van der Waals surface area contributed by atoms with E-state index >= 15 is 0 Å². The van der Waals surface area contributed by atoms with Crippen LogP contribution in [0.15, 0.2) is 5.11 Å². The number of hydrogen-bond acceptors (Lipinski definition) is 3. The van der Waals surface area contributed by atoms with Crippen LogP contribution in [0, 0.1) is 0 Å². The number of nitrogens with zero attached hydrogens (tertiary/aromatic N) is 3. The molecule has 0 spiro atoms. The van der Waals surface area contributed by atoms with Crippen LogP contribution in [0.1, 0.15) is 0 Å². The van der Waals surface area contributed by atoms with E-state index in [4.69, 9.17) is 5.53 Å². The maximum atomic E-state index is 10.3. The maximum Gasteiger partial charge on any atom is 0.406 e. The molecule has 1 amide bonds. The van der Waals surface area contributed by atoms with Gasteiger partial charge in [-0.15, -0.1) is 0 Å². The van der Waals surface area contributed by atoms with Crippen LogP contribution in [0.2, 0.25) is 0 Å². The van der Waals surface area contributed by atoms with Crippen LogP contribution in [0.4, 0.5) is 4.79 Å². The molecule has 6 heteroatoms. The van der Waals surface area contributed by atoms with Gasteiger partial charge < -0.3 is 10.1 Å². The predicted octanol–water partition coefficient (Wildman–Crippen LogP) is 0.653. The van der Waals surface area contributed by atoms with Crippen molar-refractivity contribution in [1.29, 1.82) is 0 Å². The average Bonchev–Trinajstić information content (AvgIpc) is 1.98. The molecule has 0 saturated carbocycles. The number of ether oxygens (including phenoxy) is 1. The fourth-order valence-corrected chi connectivity index (χ4v) is 0.325. The summed E-state index contributed by atoms with van der Waals surface area (Å²) in [5, 5.41) is 5.53. The number of hydrogen-bond donors (Lipinski definition) is 1. The number of rotatable bonds is 3. The molecule has 0 saturated heterocycles. The molecular formula is C4H8N4O2. The Labute approximate surface area is 57.8 Å². The summed E-state index contributed by atoms with van der Waals surface area (Å²) in [6.07, 6.45) is -0.520. The molecule has 0 aliphatic rings. The van der Waals surface area contributed by atoms with Gasteiger partial charge in [0, 0.05) is 18.0 Å². The molecule has 0 aliphatic carbocycles. The van der Waals surface area contributed by atoms with E-state index in [0.717, 1.165) is 0 Å². The molecule has 0 aromatic carbocycles. The number of carbonyl (C=O) groups is 1. The summed E-state index contributed by atoms with van der Waals surface area (Å²) in [4.78, 5) is 12.8. The summed E-state index contributed by atoms with van der Waals surface area (Å²) >= 11 is 0. The predicted molar refractivity (Wildman–Crippen MR) is 34.4 cm³/mol. The molecule has 0 aromatic heterocycles. The summed E-state index contributed by atoms with van der Waals surface area (Å²) in [6.45, 7) is 0.544. The molecular weight excluding hydrogens is 136 g/mol. The first kappa shape index (κ1) is 8.58. The molecule has 10 heavy (non-hydrogen) atoms. The normalized spacial score (nSPS) is 7.70. The SMILES string of the molecule is COC(=O)NCCN=[N+]=[N-]. The lowest BCUT2D eigenvalue weighted by atomic mass is 10.6. The second-order valence-electron chi connectivity index (χ2n) is 1.37. The molecule has 0 aromatic rings. The van der Waals surface area contributed by atoms with Crippen molar-refractivity contribution in [2.45, 2.75) is 0 Å². The standard InChI is InChI=1S/C4H8N4O2/c1-10-4(9)6-2-3-7-8-5/h2-3H2,1H3,(H,6,9). The van der Waals surface area contributed by atoms with E-state index in [1.165, 1.54) is 7.11 Å². The van der Waals surface area contributed by atoms with Gasteiger partial charge in [0.1, 0.15) is 0 Å². The van der Waals surface area contributed by atoms with Crippen LogP contribution >= 0.6 is 0 Å². The monoisotopic (exact) mass is 144 g/mol. The Morgan fingerprint density at radius 3 is 3.10 bits per heavy atom. The zero-order chi connectivity index (χ0) is 7.82. The fraction of sp³-hybridized carbons (Fsp3) is 0.750. The molecule has 0 fully saturated rings. The smallest absolute Gasteiger partial charge is 0.406 e. The van der Waals surface area contributed by atoms with Gasteiger partial charge >= 0.3 is 6.09 Å². The van der Waals surface area contributed by atoms with Gasteiger partial charge in [-0.05, 0) is 5.53 Å². The Morgan fingerprint density at radius 2 is 2.60 bits per heavy atom. The Balaban J connectivity index is 3.19. The van der Waals surface area contributed by atoms with Crippen molar-refractivity contribution in [3.8, 4) is 0 Å². The lowest BCUT2D eigenvalue weighted by Crippen LogP contribution is -2.25. The van der Waals surface area contributed by atoms with Crippen molar-refractivity contribution in [1.82, 2.24) is 5.32 Å². The third kappa shape index (κ3) is 4.73. The Morgan fingerprint density at radius 1 is 1.90 bits per heavy atom. The van der Waals surface area contributed by atoms with Gasteiger partial charge in [-0.2, -0.15) is 0 Å². The highest BCUT2D eigenvalue weighted by molar-refractivity contribution is 5.66. The minimum Gasteiger partial charge on any atom is -0.453 e. The van der Waals surface area contributed by atoms with E-state index in [9.17, 15) is 4.79 Å². The highest BCUT2D eigenvalue weighted by Gasteiger charge is 1.93. The van der Waals surface area contributed by atoms with Gasteiger partial charge in [0.2, 0.25) is 0 Å². The number of azide groups is 1. The van der Waals surface area contributed by atoms with Gasteiger partial charge in [-0.1, -0.05) is 5.11 Å². The molecule has 0 radical (unpaired) electrons. The first-order chi connectivity index (χ1) is 4.81. The maximum absolute atomic E-state index is 10.3. The van der Waals surface area contributed by atoms with Crippen LogP contribution in [0.25, 0.3) is 10.4 Å². The fourth-order valence-electron chi connectivity index (χ4n) is 0.325. The van der Waals surface area contributed by atoms with Crippen molar-refractivity contribution in [2.24, 2.45) is 5.11 Å². The third-order valence-corrected chi connectivity index (χ3v) is 0.730. The summed E-state index contributed by atoms with van der Waals surface area (Å²) in [5.41, 5.74) is 7.80. The largest absolute Gasteiger partial charge is 0.453 e. The van der Waals surface area contributed by atoms with Gasteiger partial charge in [-0.25, -0.2) is 4.79 Å². The van der Waals surface area contributed by atoms with E-state index in [0.29, 0.717) is 6.54 Å². The Hall–Kier alpha value is -1.42. The van der Waals surface area contributed by atoms with Gasteiger partial charge in [0.15, 0.2) is 0 Å². The van der Waals surface area contributed by atoms with Crippen molar-refractivity contribution in [2.75, 3.05) is 20.2 Å². The van der Waals surface area contributed by atoms with Crippen molar-refractivity contribution in [3.63, 3.8) is 0 Å². The summed E-state index contributed by atoms with van der Waals surface area (Å²) in [7, 11) is 1.27. The summed E-state index contributed by atoms with van der Waals surface area (Å²) < 4.78 is 4.25. The van der Waals surface area contributed by atoms with Crippen LogP contribution in [0.5, 0.6) is 0 Å². The molecule has 0 rings (SSSR count). The summed E-state index contributed by atoms with van der Waals surface area (Å²) in [6, 6.07) is 0. The van der Waals surface area contributed by atoms with E-state index < -0.39 is 6.09 Å². The van der Waals surface area contributed by atoms with Crippen LogP contribution < -0.4 is 5.32 Å². The zero-order valence-corrected chi connectivity index (χ0v) is 5.57. The molecule has 1 N–H and O–H groups in total. The molecule has 0 aliphatic heterocycles.